The molecule has 0 fully saturated rings. The van der Waals surface area contributed by atoms with Crippen molar-refractivity contribution in [3.05, 3.63) is 62.7 Å². The van der Waals surface area contributed by atoms with Gasteiger partial charge in [-0.1, -0.05) is 23.7 Å². The Morgan fingerprint density at radius 2 is 1.88 bits per heavy atom. The van der Waals surface area contributed by atoms with Crippen LogP contribution in [0.1, 0.15) is 11.1 Å². The maximum atomic E-state index is 12.8. The molecule has 1 N–H and O–H groups in total. The predicted molar refractivity (Wildman–Crippen MR) is 88.3 cm³/mol. The Balaban J connectivity index is 2.15. The number of anilines is 1. The second-order valence-electron chi connectivity index (χ2n) is 5.13. The topological polar surface area (TPSA) is 64.4 Å². The molecule has 0 spiro atoms. The summed E-state index contributed by atoms with van der Waals surface area (Å²) in [5.41, 5.74) is -1.03. The van der Waals surface area contributed by atoms with Gasteiger partial charge in [0, 0.05) is 12.6 Å². The van der Waals surface area contributed by atoms with E-state index in [0.29, 0.717) is 18.2 Å². The molecular formula is C16H14ClF3N2O3. The van der Waals surface area contributed by atoms with Crippen molar-refractivity contribution in [3.63, 3.8) is 0 Å². The van der Waals surface area contributed by atoms with Crippen molar-refractivity contribution in [2.24, 2.45) is 0 Å². The van der Waals surface area contributed by atoms with Gasteiger partial charge < -0.3 is 10.1 Å². The molecule has 0 bridgehead atoms. The highest BCUT2D eigenvalue weighted by atomic mass is 35.5. The zero-order valence-electron chi connectivity index (χ0n) is 13.1. The molecule has 134 valence electrons. The SMILES string of the molecule is COc1ccc(CCNc2cc(Cl)c(C(F)(F)F)cc2[N+](=O)[O-])cc1. The number of methoxy groups -OCH3 is 1. The molecule has 0 aromatic heterocycles. The average molecular weight is 375 g/mol. The molecule has 2 aromatic rings. The zero-order valence-corrected chi connectivity index (χ0v) is 13.8. The monoisotopic (exact) mass is 374 g/mol. The average Bonchev–Trinajstić information content (AvgIpc) is 2.54. The number of nitro groups is 1. The van der Waals surface area contributed by atoms with Gasteiger partial charge >= 0.3 is 6.18 Å². The molecule has 5 nitrogen and oxygen atoms in total. The summed E-state index contributed by atoms with van der Waals surface area (Å²) in [7, 11) is 1.55. The Bertz CT molecular complexity index is 764. The lowest BCUT2D eigenvalue weighted by atomic mass is 10.1. The van der Waals surface area contributed by atoms with E-state index in [1.807, 2.05) is 12.1 Å². The van der Waals surface area contributed by atoms with Crippen LogP contribution in [0.2, 0.25) is 5.02 Å². The fourth-order valence-corrected chi connectivity index (χ4v) is 2.48. The van der Waals surface area contributed by atoms with Crippen LogP contribution < -0.4 is 10.1 Å². The summed E-state index contributed by atoms with van der Waals surface area (Å²) in [4.78, 5) is 10.2. The van der Waals surface area contributed by atoms with E-state index in [1.165, 1.54) is 0 Å². The van der Waals surface area contributed by atoms with Gasteiger partial charge in [-0.05, 0) is 30.2 Å². The Kier molecular flexibility index (Phi) is 5.73. The van der Waals surface area contributed by atoms with E-state index in [2.05, 4.69) is 5.32 Å². The molecule has 0 atom stereocenters. The maximum Gasteiger partial charge on any atom is 0.418 e. The summed E-state index contributed by atoms with van der Waals surface area (Å²) in [5, 5.41) is 13.2. The normalized spacial score (nSPS) is 11.2. The van der Waals surface area contributed by atoms with Crippen LogP contribution in [-0.4, -0.2) is 18.6 Å². The van der Waals surface area contributed by atoms with Crippen molar-refractivity contribution in [2.75, 3.05) is 19.0 Å². The smallest absolute Gasteiger partial charge is 0.418 e. The van der Waals surface area contributed by atoms with E-state index < -0.39 is 27.4 Å². The standard InChI is InChI=1S/C16H14ClF3N2O3/c1-25-11-4-2-10(3-5-11)6-7-21-14-9-13(17)12(16(18,19)20)8-15(14)22(23)24/h2-5,8-9,21H,6-7H2,1H3. The van der Waals surface area contributed by atoms with Crippen LogP contribution in [0.4, 0.5) is 24.5 Å². The molecule has 0 aliphatic rings. The second kappa shape index (κ2) is 7.60. The van der Waals surface area contributed by atoms with Gasteiger partial charge in [0.05, 0.1) is 22.6 Å². The fourth-order valence-electron chi connectivity index (χ4n) is 2.21. The van der Waals surface area contributed by atoms with Crippen molar-refractivity contribution in [1.82, 2.24) is 0 Å². The number of alkyl halides is 3. The number of nitrogens with zero attached hydrogens (tertiary/aromatic N) is 1. The van der Waals surface area contributed by atoms with E-state index in [9.17, 15) is 23.3 Å². The second-order valence-corrected chi connectivity index (χ2v) is 5.54. The molecular weight excluding hydrogens is 361 g/mol. The number of rotatable bonds is 6. The molecule has 2 rings (SSSR count). The molecule has 0 heterocycles. The number of nitro benzene ring substituents is 1. The highest BCUT2D eigenvalue weighted by molar-refractivity contribution is 6.31. The Morgan fingerprint density at radius 3 is 2.40 bits per heavy atom. The Labute approximate surface area is 146 Å². The molecule has 2 aromatic carbocycles. The van der Waals surface area contributed by atoms with Crippen LogP contribution in [0.15, 0.2) is 36.4 Å². The first kappa shape index (κ1) is 18.9. The zero-order chi connectivity index (χ0) is 18.6. The van der Waals surface area contributed by atoms with Gasteiger partial charge in [-0.25, -0.2) is 0 Å². The number of halogens is 4. The number of benzene rings is 2. The summed E-state index contributed by atoms with van der Waals surface area (Å²) >= 11 is 5.62. The molecule has 0 aliphatic heterocycles. The summed E-state index contributed by atoms with van der Waals surface area (Å²) in [5.74, 6) is 0.696. The van der Waals surface area contributed by atoms with Gasteiger partial charge in [-0.15, -0.1) is 0 Å². The molecule has 0 saturated heterocycles. The fraction of sp³-hybridized carbons (Fsp3) is 0.250. The Hall–Kier alpha value is -2.48. The maximum absolute atomic E-state index is 12.8. The minimum atomic E-state index is -4.76. The highest BCUT2D eigenvalue weighted by Gasteiger charge is 2.36. The van der Waals surface area contributed by atoms with Crippen molar-refractivity contribution in [3.8, 4) is 5.75 Å². The quantitative estimate of drug-likeness (QED) is 0.575. The number of ether oxygens (including phenoxy) is 1. The van der Waals surface area contributed by atoms with Crippen LogP contribution >= 0.6 is 11.6 Å². The van der Waals surface area contributed by atoms with Crippen LogP contribution in [0.3, 0.4) is 0 Å². The lowest BCUT2D eigenvalue weighted by Crippen LogP contribution is -2.10. The van der Waals surface area contributed by atoms with Crippen molar-refractivity contribution in [2.45, 2.75) is 12.6 Å². The number of hydrogen-bond donors (Lipinski definition) is 1. The van der Waals surface area contributed by atoms with Crippen LogP contribution in [0, 0.1) is 10.1 Å². The molecule has 0 saturated carbocycles. The molecule has 25 heavy (non-hydrogen) atoms. The molecule has 9 heteroatoms. The third-order valence-corrected chi connectivity index (χ3v) is 3.79. The van der Waals surface area contributed by atoms with Gasteiger partial charge in [0.25, 0.3) is 5.69 Å². The first-order valence-corrected chi connectivity index (χ1v) is 7.52. The van der Waals surface area contributed by atoms with E-state index in [4.69, 9.17) is 16.3 Å². The van der Waals surface area contributed by atoms with Crippen LogP contribution in [0.25, 0.3) is 0 Å². The van der Waals surface area contributed by atoms with Crippen molar-refractivity contribution >= 4 is 23.0 Å². The molecule has 0 amide bonds. The van der Waals surface area contributed by atoms with Crippen molar-refractivity contribution < 1.29 is 22.8 Å². The highest BCUT2D eigenvalue weighted by Crippen LogP contribution is 2.40. The lowest BCUT2D eigenvalue weighted by Gasteiger charge is -2.12. The van der Waals surface area contributed by atoms with Gasteiger partial charge in [0.1, 0.15) is 11.4 Å². The largest absolute Gasteiger partial charge is 0.497 e. The summed E-state index contributed by atoms with van der Waals surface area (Å²) in [6.07, 6.45) is -4.25. The summed E-state index contributed by atoms with van der Waals surface area (Å²) < 4.78 is 43.5. The van der Waals surface area contributed by atoms with Crippen molar-refractivity contribution in [1.29, 1.82) is 0 Å². The number of hydrogen-bond acceptors (Lipinski definition) is 4. The van der Waals surface area contributed by atoms with Gasteiger partial charge in [0.2, 0.25) is 0 Å². The summed E-state index contributed by atoms with van der Waals surface area (Å²) in [6.45, 7) is 0.287. The number of nitrogens with one attached hydrogen (secondary N) is 1. The van der Waals surface area contributed by atoms with Crippen LogP contribution in [0.5, 0.6) is 5.75 Å². The molecule has 0 radical (unpaired) electrons. The van der Waals surface area contributed by atoms with Gasteiger partial charge in [-0.2, -0.15) is 13.2 Å². The van der Waals surface area contributed by atoms with E-state index in [1.54, 1.807) is 19.2 Å². The van der Waals surface area contributed by atoms with Crippen LogP contribution in [-0.2, 0) is 12.6 Å². The van der Waals surface area contributed by atoms with E-state index >= 15 is 0 Å². The third kappa shape index (κ3) is 4.76. The summed E-state index contributed by atoms with van der Waals surface area (Å²) in [6, 6.07) is 8.57. The minimum absolute atomic E-state index is 0.0588. The Morgan fingerprint density at radius 1 is 1.24 bits per heavy atom. The molecule has 0 unspecified atom stereocenters. The predicted octanol–water partition coefficient (Wildman–Crippen LogP) is 4.93. The van der Waals surface area contributed by atoms with E-state index in [-0.39, 0.29) is 12.2 Å². The first-order valence-electron chi connectivity index (χ1n) is 7.14. The van der Waals surface area contributed by atoms with Gasteiger partial charge in [0.15, 0.2) is 0 Å². The van der Waals surface area contributed by atoms with E-state index in [0.717, 1.165) is 11.6 Å². The molecule has 0 aliphatic carbocycles. The first-order chi connectivity index (χ1) is 11.7. The third-order valence-electron chi connectivity index (χ3n) is 3.48. The van der Waals surface area contributed by atoms with Gasteiger partial charge in [-0.3, -0.25) is 10.1 Å². The minimum Gasteiger partial charge on any atom is -0.497 e. The lowest BCUT2D eigenvalue weighted by molar-refractivity contribution is -0.384.